The van der Waals surface area contributed by atoms with Gasteiger partial charge in [-0.05, 0) is 51.9 Å². The summed E-state index contributed by atoms with van der Waals surface area (Å²) in [6.45, 7) is 0. The van der Waals surface area contributed by atoms with Crippen LogP contribution in [0.4, 0.5) is 8.78 Å². The van der Waals surface area contributed by atoms with E-state index in [0.29, 0.717) is 24.7 Å². The van der Waals surface area contributed by atoms with Crippen molar-refractivity contribution in [1.82, 2.24) is 24.5 Å². The van der Waals surface area contributed by atoms with Gasteiger partial charge in [-0.25, -0.2) is 18.7 Å². The minimum atomic E-state index is -0.792. The quantitative estimate of drug-likeness (QED) is 0.721. The second-order valence-electron chi connectivity index (χ2n) is 7.55. The number of hydrogen-bond acceptors (Lipinski definition) is 5. The normalized spacial score (nSPS) is 22.9. The van der Waals surface area contributed by atoms with Gasteiger partial charge in [0.1, 0.15) is 16.7 Å². The molecule has 0 bridgehead atoms. The first-order chi connectivity index (χ1) is 13.3. The molecule has 0 saturated heterocycles. The Balaban J connectivity index is 1.87. The lowest BCUT2D eigenvalue weighted by Gasteiger charge is -2.38. The van der Waals surface area contributed by atoms with Gasteiger partial charge in [0.2, 0.25) is 0 Å². The molecule has 0 spiro atoms. The maximum absolute atomic E-state index is 14.4. The maximum atomic E-state index is 14.4. The summed E-state index contributed by atoms with van der Waals surface area (Å²) in [5.41, 5.74) is 5.93. The Bertz CT molecular complexity index is 1010. The predicted molar refractivity (Wildman–Crippen MR) is 103 cm³/mol. The Morgan fingerprint density at radius 1 is 1.18 bits per heavy atom. The first-order valence-electron chi connectivity index (χ1n) is 9.11. The van der Waals surface area contributed by atoms with Crippen LogP contribution in [0.2, 0.25) is 5.02 Å². The van der Waals surface area contributed by atoms with Crippen LogP contribution in [-0.4, -0.2) is 44.6 Å². The van der Waals surface area contributed by atoms with Crippen molar-refractivity contribution in [3.8, 4) is 11.4 Å². The van der Waals surface area contributed by atoms with E-state index in [1.54, 1.807) is 0 Å². The molecule has 3 aromatic rings. The van der Waals surface area contributed by atoms with Gasteiger partial charge in [0.05, 0.1) is 17.3 Å². The van der Waals surface area contributed by atoms with E-state index < -0.39 is 17.2 Å². The third kappa shape index (κ3) is 3.15. The lowest BCUT2D eigenvalue weighted by atomic mass is 9.79. The van der Waals surface area contributed by atoms with Crippen LogP contribution in [-0.2, 0) is 5.54 Å². The summed E-state index contributed by atoms with van der Waals surface area (Å²) in [6, 6.07) is 4.07. The van der Waals surface area contributed by atoms with Crippen molar-refractivity contribution in [1.29, 1.82) is 0 Å². The maximum Gasteiger partial charge on any atom is 0.178 e. The molecule has 4 rings (SSSR count). The molecule has 0 atom stereocenters. The molecule has 0 aliphatic heterocycles. The first kappa shape index (κ1) is 19.2. The molecule has 0 unspecified atom stereocenters. The predicted octanol–water partition coefficient (Wildman–Crippen LogP) is 3.38. The van der Waals surface area contributed by atoms with Crippen LogP contribution in [0.3, 0.4) is 0 Å². The third-order valence-electron chi connectivity index (χ3n) is 5.53. The SMILES string of the molecule is CN(C)C1CCC(N)(c2nc(-c3c(F)cccc3F)nc3c(Cl)cnn23)CC1. The molecule has 0 radical (unpaired) electrons. The van der Waals surface area contributed by atoms with E-state index in [1.165, 1.54) is 28.9 Å². The van der Waals surface area contributed by atoms with Gasteiger partial charge in [-0.2, -0.15) is 9.61 Å². The van der Waals surface area contributed by atoms with Gasteiger partial charge >= 0.3 is 0 Å². The number of nitrogens with zero attached hydrogens (tertiary/aromatic N) is 5. The van der Waals surface area contributed by atoms with Crippen LogP contribution < -0.4 is 5.73 Å². The first-order valence-corrected chi connectivity index (χ1v) is 9.49. The van der Waals surface area contributed by atoms with Gasteiger partial charge in [0.15, 0.2) is 17.3 Å². The average Bonchev–Trinajstić information content (AvgIpc) is 3.02. The van der Waals surface area contributed by atoms with Gasteiger partial charge in [-0.3, -0.25) is 0 Å². The minimum Gasteiger partial charge on any atom is -0.319 e. The smallest absolute Gasteiger partial charge is 0.178 e. The van der Waals surface area contributed by atoms with Gasteiger partial charge in [0, 0.05) is 6.04 Å². The summed E-state index contributed by atoms with van der Waals surface area (Å²) in [5, 5.41) is 4.52. The highest BCUT2D eigenvalue weighted by Gasteiger charge is 2.38. The molecule has 1 aliphatic rings. The second-order valence-corrected chi connectivity index (χ2v) is 7.95. The van der Waals surface area contributed by atoms with Crippen molar-refractivity contribution >= 4 is 17.2 Å². The monoisotopic (exact) mass is 406 g/mol. The number of fused-ring (bicyclic) bond motifs is 1. The van der Waals surface area contributed by atoms with Gasteiger partial charge in [-0.1, -0.05) is 17.7 Å². The van der Waals surface area contributed by atoms with E-state index in [-0.39, 0.29) is 22.1 Å². The Morgan fingerprint density at radius 3 is 2.43 bits per heavy atom. The Hall–Kier alpha value is -2.16. The summed E-state index contributed by atoms with van der Waals surface area (Å²) in [5.74, 6) is -1.15. The lowest BCUT2D eigenvalue weighted by molar-refractivity contribution is 0.166. The molecule has 1 fully saturated rings. The Morgan fingerprint density at radius 2 is 1.82 bits per heavy atom. The highest BCUT2D eigenvalue weighted by Crippen LogP contribution is 2.37. The van der Waals surface area contributed by atoms with Crippen LogP contribution in [0.1, 0.15) is 31.5 Å². The van der Waals surface area contributed by atoms with Gasteiger partial charge in [0.25, 0.3) is 0 Å². The highest BCUT2D eigenvalue weighted by atomic mass is 35.5. The number of nitrogens with two attached hydrogens (primary N) is 1. The van der Waals surface area contributed by atoms with Crippen molar-refractivity contribution in [2.75, 3.05) is 14.1 Å². The van der Waals surface area contributed by atoms with Crippen LogP contribution in [0.25, 0.3) is 17.0 Å². The number of benzene rings is 1. The zero-order valence-electron chi connectivity index (χ0n) is 15.7. The number of halogens is 3. The van der Waals surface area contributed by atoms with E-state index in [4.69, 9.17) is 17.3 Å². The summed E-state index contributed by atoms with van der Waals surface area (Å²) < 4.78 is 30.2. The second kappa shape index (κ2) is 7.02. The molecule has 1 aromatic carbocycles. The molecule has 2 heterocycles. The Labute approximate surface area is 166 Å². The molecule has 2 N–H and O–H groups in total. The van der Waals surface area contributed by atoms with Crippen LogP contribution in [0.15, 0.2) is 24.4 Å². The zero-order chi connectivity index (χ0) is 20.1. The molecule has 1 saturated carbocycles. The molecule has 28 heavy (non-hydrogen) atoms. The van der Waals surface area contributed by atoms with Crippen molar-refractivity contribution in [2.45, 2.75) is 37.3 Å². The standard InChI is InChI=1S/C19H21ClF2N6/c1-27(2)11-6-8-19(23,9-7-11)18-26-16(15-13(21)4-3-5-14(15)22)25-17-12(20)10-24-28(17)18/h3-5,10-11H,6-9,23H2,1-2H3. The molecule has 6 nitrogen and oxygen atoms in total. The molecular weight excluding hydrogens is 386 g/mol. The molecule has 0 amide bonds. The summed E-state index contributed by atoms with van der Waals surface area (Å²) in [6.07, 6.45) is 4.53. The fourth-order valence-corrected chi connectivity index (χ4v) is 4.02. The topological polar surface area (TPSA) is 72.3 Å². The molecule has 2 aromatic heterocycles. The fourth-order valence-electron chi connectivity index (χ4n) is 3.85. The van der Waals surface area contributed by atoms with Gasteiger partial charge in [-0.15, -0.1) is 0 Å². The summed E-state index contributed by atoms with van der Waals surface area (Å²) in [4.78, 5) is 10.9. The number of aromatic nitrogens is 4. The minimum absolute atomic E-state index is 0.0833. The van der Waals surface area contributed by atoms with E-state index in [9.17, 15) is 8.78 Å². The Kier molecular flexibility index (Phi) is 4.81. The van der Waals surface area contributed by atoms with Gasteiger partial charge < -0.3 is 10.6 Å². The zero-order valence-corrected chi connectivity index (χ0v) is 16.4. The molecular formula is C19H21ClF2N6. The average molecular weight is 407 g/mol. The molecule has 148 valence electrons. The van der Waals surface area contributed by atoms with E-state index in [1.807, 2.05) is 14.1 Å². The van der Waals surface area contributed by atoms with Crippen molar-refractivity contribution in [2.24, 2.45) is 5.73 Å². The van der Waals surface area contributed by atoms with E-state index in [0.717, 1.165) is 12.8 Å². The number of hydrogen-bond donors (Lipinski definition) is 1. The van der Waals surface area contributed by atoms with Crippen molar-refractivity contribution < 1.29 is 8.78 Å². The summed E-state index contributed by atoms with van der Waals surface area (Å²) >= 11 is 6.22. The van der Waals surface area contributed by atoms with E-state index >= 15 is 0 Å². The molecule has 9 heteroatoms. The largest absolute Gasteiger partial charge is 0.319 e. The third-order valence-corrected chi connectivity index (χ3v) is 5.80. The molecule has 1 aliphatic carbocycles. The lowest BCUT2D eigenvalue weighted by Crippen LogP contribution is -2.46. The highest BCUT2D eigenvalue weighted by molar-refractivity contribution is 6.33. The van der Waals surface area contributed by atoms with Crippen LogP contribution >= 0.6 is 11.6 Å². The summed E-state index contributed by atoms with van der Waals surface area (Å²) in [7, 11) is 4.09. The van der Waals surface area contributed by atoms with Crippen molar-refractivity contribution in [3.63, 3.8) is 0 Å². The van der Waals surface area contributed by atoms with Crippen LogP contribution in [0.5, 0.6) is 0 Å². The van der Waals surface area contributed by atoms with Crippen LogP contribution in [0, 0.1) is 11.6 Å². The van der Waals surface area contributed by atoms with E-state index in [2.05, 4.69) is 20.0 Å². The van der Waals surface area contributed by atoms with Crippen molar-refractivity contribution in [3.05, 3.63) is 46.9 Å². The number of rotatable bonds is 3. The fraction of sp³-hybridized carbons (Fsp3) is 0.421.